The number of benzene rings is 1. The first-order valence-corrected chi connectivity index (χ1v) is 11.4. The molecule has 0 heterocycles. The Bertz CT molecular complexity index is 549. The molecule has 0 spiro atoms. The topological polar surface area (TPSA) is 12.0 Å². The van der Waals surface area contributed by atoms with Crippen LogP contribution in [0.3, 0.4) is 0 Å². The summed E-state index contributed by atoms with van der Waals surface area (Å²) in [6.45, 7) is 17.8. The summed E-state index contributed by atoms with van der Waals surface area (Å²) in [6, 6.07) is 11.3. The second-order valence-electron chi connectivity index (χ2n) is 9.66. The van der Waals surface area contributed by atoms with Crippen LogP contribution in [0.4, 0.5) is 0 Å². The average Bonchev–Trinajstić information content (AvgIpc) is 2.63. The highest BCUT2D eigenvalue weighted by Gasteiger charge is 2.13. The van der Waals surface area contributed by atoms with Crippen molar-refractivity contribution >= 4 is 0 Å². The maximum Gasteiger partial charge on any atom is 0.0258 e. The molecule has 0 saturated heterocycles. The molecule has 1 N–H and O–H groups in total. The van der Waals surface area contributed by atoms with Crippen molar-refractivity contribution < 1.29 is 0 Å². The van der Waals surface area contributed by atoms with Gasteiger partial charge in [0.15, 0.2) is 0 Å². The molecule has 0 fully saturated rings. The maximum atomic E-state index is 4.31. The van der Waals surface area contributed by atoms with Crippen molar-refractivity contribution in [2.45, 2.75) is 104 Å². The predicted molar refractivity (Wildman–Crippen MR) is 127 cm³/mol. The maximum absolute atomic E-state index is 4.31. The summed E-state index contributed by atoms with van der Waals surface area (Å²) in [5.41, 5.74) is 4.36. The first kappa shape index (κ1) is 24.5. The highest BCUT2D eigenvalue weighted by atomic mass is 14.9. The van der Waals surface area contributed by atoms with Gasteiger partial charge in [0.05, 0.1) is 0 Å². The van der Waals surface area contributed by atoms with Crippen LogP contribution in [0.2, 0.25) is 0 Å². The van der Waals surface area contributed by atoms with Gasteiger partial charge < -0.3 is 5.32 Å². The Balaban J connectivity index is 2.35. The smallest absolute Gasteiger partial charge is 0.0258 e. The van der Waals surface area contributed by atoms with E-state index in [-0.39, 0.29) is 0 Å². The molecular formula is C27H45N. The summed E-state index contributed by atoms with van der Waals surface area (Å²) in [5.74, 6) is 0. The van der Waals surface area contributed by atoms with E-state index in [9.17, 15) is 0 Å². The fourth-order valence-electron chi connectivity index (χ4n) is 3.83. The summed E-state index contributed by atoms with van der Waals surface area (Å²) in [6.07, 6.45) is 13.4. The summed E-state index contributed by atoms with van der Waals surface area (Å²) < 4.78 is 0. The molecule has 1 rings (SSSR count). The molecule has 1 aromatic rings. The third-order valence-corrected chi connectivity index (χ3v) is 5.24. The molecule has 1 atom stereocenters. The minimum atomic E-state index is 0.359. The molecule has 0 aliphatic heterocycles. The Morgan fingerprint density at radius 1 is 0.929 bits per heavy atom. The highest BCUT2D eigenvalue weighted by Crippen LogP contribution is 2.26. The third-order valence-electron chi connectivity index (χ3n) is 5.24. The number of hydrogen-bond acceptors (Lipinski definition) is 1. The van der Waals surface area contributed by atoms with Crippen LogP contribution >= 0.6 is 0 Å². The molecule has 0 aliphatic rings. The van der Waals surface area contributed by atoms with Crippen molar-refractivity contribution in [3.05, 3.63) is 60.3 Å². The molecule has 1 aromatic carbocycles. The van der Waals surface area contributed by atoms with E-state index in [1.165, 1.54) is 68.2 Å². The minimum absolute atomic E-state index is 0.359. The minimum Gasteiger partial charge on any atom is -0.386 e. The summed E-state index contributed by atoms with van der Waals surface area (Å²) in [5, 5.41) is 3.76. The second kappa shape index (κ2) is 13.6. The summed E-state index contributed by atoms with van der Waals surface area (Å²) in [4.78, 5) is 0. The molecule has 1 unspecified atom stereocenters. The van der Waals surface area contributed by atoms with E-state index in [0.717, 1.165) is 19.3 Å². The van der Waals surface area contributed by atoms with Gasteiger partial charge in [-0.2, -0.15) is 0 Å². The molecule has 1 nitrogen and oxygen atoms in total. The van der Waals surface area contributed by atoms with Crippen LogP contribution in [-0.4, -0.2) is 6.04 Å². The fraction of sp³-hybridized carbons (Fsp3) is 0.630. The average molecular weight is 384 g/mol. The summed E-state index contributed by atoms with van der Waals surface area (Å²) >= 11 is 0. The van der Waals surface area contributed by atoms with E-state index in [0.29, 0.717) is 11.5 Å². The van der Waals surface area contributed by atoms with Gasteiger partial charge in [-0.25, -0.2) is 0 Å². The van der Waals surface area contributed by atoms with Crippen molar-refractivity contribution in [2.24, 2.45) is 5.41 Å². The Morgan fingerprint density at radius 2 is 1.57 bits per heavy atom. The molecule has 0 aliphatic carbocycles. The largest absolute Gasteiger partial charge is 0.386 e. The van der Waals surface area contributed by atoms with Gasteiger partial charge >= 0.3 is 0 Å². The van der Waals surface area contributed by atoms with Crippen LogP contribution < -0.4 is 5.32 Å². The SMILES string of the molecule is C=C(CCCCC(CCCCC)NC(=C)CCc1ccccc1)CC(C)(C)C. The lowest BCUT2D eigenvalue weighted by Gasteiger charge is -2.22. The molecule has 0 bridgehead atoms. The fourth-order valence-corrected chi connectivity index (χ4v) is 3.83. The highest BCUT2D eigenvalue weighted by molar-refractivity contribution is 5.16. The first-order chi connectivity index (χ1) is 13.3. The molecule has 0 saturated carbocycles. The lowest BCUT2D eigenvalue weighted by atomic mass is 9.86. The van der Waals surface area contributed by atoms with E-state index in [2.05, 4.69) is 76.5 Å². The lowest BCUT2D eigenvalue weighted by molar-refractivity contribution is 0.400. The number of allylic oxidation sites excluding steroid dienone is 2. The van der Waals surface area contributed by atoms with E-state index < -0.39 is 0 Å². The van der Waals surface area contributed by atoms with Gasteiger partial charge in [0.1, 0.15) is 0 Å². The molecule has 0 amide bonds. The van der Waals surface area contributed by atoms with Crippen molar-refractivity contribution in [3.63, 3.8) is 0 Å². The Hall–Kier alpha value is -1.50. The number of unbranched alkanes of at least 4 members (excludes halogenated alkanes) is 3. The van der Waals surface area contributed by atoms with Crippen LogP contribution in [0.25, 0.3) is 0 Å². The van der Waals surface area contributed by atoms with Gasteiger partial charge in [-0.3, -0.25) is 0 Å². The van der Waals surface area contributed by atoms with Crippen molar-refractivity contribution in [1.82, 2.24) is 5.32 Å². The lowest BCUT2D eigenvalue weighted by Crippen LogP contribution is -2.28. The molecule has 0 radical (unpaired) electrons. The van der Waals surface area contributed by atoms with Gasteiger partial charge in [-0.15, -0.1) is 0 Å². The van der Waals surface area contributed by atoms with Crippen molar-refractivity contribution in [2.75, 3.05) is 0 Å². The standard InChI is InChI=1S/C27H45N/c1-7-8-10-18-26(19-14-13-15-23(2)22-27(4,5)6)28-24(3)20-21-25-16-11-9-12-17-25/h9,11-12,16-17,26,28H,2-3,7-8,10,13-15,18-22H2,1,4-6H3. The monoisotopic (exact) mass is 383 g/mol. The van der Waals surface area contributed by atoms with Gasteiger partial charge in [0.2, 0.25) is 0 Å². The van der Waals surface area contributed by atoms with Gasteiger partial charge in [0.25, 0.3) is 0 Å². The van der Waals surface area contributed by atoms with Crippen LogP contribution in [0.1, 0.15) is 97.5 Å². The Labute approximate surface area is 175 Å². The quantitative estimate of drug-likeness (QED) is 0.237. The van der Waals surface area contributed by atoms with Gasteiger partial charge in [-0.05, 0) is 55.9 Å². The number of hydrogen-bond donors (Lipinski definition) is 1. The van der Waals surface area contributed by atoms with E-state index in [1.807, 2.05) is 0 Å². The predicted octanol–water partition coefficient (Wildman–Crippen LogP) is 8.22. The molecule has 1 heteroatoms. The number of aryl methyl sites for hydroxylation is 1. The number of nitrogens with one attached hydrogen (secondary N) is 1. The van der Waals surface area contributed by atoms with Crippen LogP contribution in [0.15, 0.2) is 54.8 Å². The zero-order valence-electron chi connectivity index (χ0n) is 19.2. The molecule has 158 valence electrons. The van der Waals surface area contributed by atoms with Gasteiger partial charge in [0, 0.05) is 11.7 Å². The normalized spacial score (nSPS) is 12.6. The Morgan fingerprint density at radius 3 is 2.18 bits per heavy atom. The van der Waals surface area contributed by atoms with Crippen LogP contribution in [0, 0.1) is 5.41 Å². The third kappa shape index (κ3) is 12.8. The molecule has 28 heavy (non-hydrogen) atoms. The van der Waals surface area contributed by atoms with Crippen molar-refractivity contribution in [3.8, 4) is 0 Å². The first-order valence-electron chi connectivity index (χ1n) is 11.4. The van der Waals surface area contributed by atoms with E-state index in [1.54, 1.807) is 0 Å². The zero-order valence-corrected chi connectivity index (χ0v) is 19.2. The van der Waals surface area contributed by atoms with Gasteiger partial charge in [-0.1, -0.05) is 102 Å². The van der Waals surface area contributed by atoms with Crippen molar-refractivity contribution in [1.29, 1.82) is 0 Å². The van der Waals surface area contributed by atoms with Crippen LogP contribution in [0.5, 0.6) is 0 Å². The van der Waals surface area contributed by atoms with E-state index >= 15 is 0 Å². The molecular weight excluding hydrogens is 338 g/mol. The second-order valence-corrected chi connectivity index (χ2v) is 9.66. The summed E-state index contributed by atoms with van der Waals surface area (Å²) in [7, 11) is 0. The molecule has 0 aromatic heterocycles. The Kier molecular flexibility index (Phi) is 12.0. The number of rotatable bonds is 15. The zero-order chi connectivity index (χ0) is 20.8. The van der Waals surface area contributed by atoms with Crippen LogP contribution in [-0.2, 0) is 6.42 Å². The van der Waals surface area contributed by atoms with E-state index in [4.69, 9.17) is 0 Å².